The monoisotopic (exact) mass is 447 g/mol. The van der Waals surface area contributed by atoms with Gasteiger partial charge < -0.3 is 5.32 Å². The number of aromatic nitrogens is 3. The van der Waals surface area contributed by atoms with Crippen LogP contribution in [0.1, 0.15) is 84.4 Å². The van der Waals surface area contributed by atoms with Crippen LogP contribution >= 0.6 is 0 Å². The number of rotatable bonds is 6. The topological polar surface area (TPSA) is 114 Å². The molecule has 0 radical (unpaired) electrons. The lowest BCUT2D eigenvalue weighted by atomic mass is 9.57. The van der Waals surface area contributed by atoms with Gasteiger partial charge in [-0.2, -0.15) is 0 Å². The second-order valence-corrected chi connectivity index (χ2v) is 10.1. The second kappa shape index (κ2) is 6.82. The lowest BCUT2D eigenvalue weighted by molar-refractivity contribution is -0.153. The van der Waals surface area contributed by atoms with Gasteiger partial charge in [-0.15, -0.1) is 5.10 Å². The van der Waals surface area contributed by atoms with E-state index in [1.165, 1.54) is 0 Å². The van der Waals surface area contributed by atoms with Gasteiger partial charge in [-0.1, -0.05) is 11.3 Å². The van der Waals surface area contributed by atoms with E-state index in [0.717, 1.165) is 23.4 Å². The molecule has 1 aromatic heterocycles. The van der Waals surface area contributed by atoms with Crippen molar-refractivity contribution in [2.45, 2.75) is 63.6 Å². The maximum Gasteiger partial charge on any atom is 0.264 e. The van der Waals surface area contributed by atoms with E-state index < -0.39 is 17.4 Å². The van der Waals surface area contributed by atoms with Crippen LogP contribution in [0.4, 0.5) is 5.69 Å². The first-order chi connectivity index (χ1) is 15.8. The minimum atomic E-state index is -1.17. The van der Waals surface area contributed by atoms with Gasteiger partial charge in [0, 0.05) is 17.6 Å². The number of anilines is 1. The number of benzene rings is 1. The molecule has 4 aliphatic carbocycles. The Hall–Kier alpha value is -3.36. The van der Waals surface area contributed by atoms with Gasteiger partial charge in [0.05, 0.1) is 29.8 Å². The zero-order valence-corrected chi connectivity index (χ0v) is 18.6. The van der Waals surface area contributed by atoms with Crippen LogP contribution in [0, 0.1) is 11.8 Å². The number of carbonyl (C=O) groups is 4. The first-order valence-electron chi connectivity index (χ1n) is 11.6. The van der Waals surface area contributed by atoms with Gasteiger partial charge in [0.15, 0.2) is 5.78 Å². The molecule has 1 N–H and O–H groups in total. The number of ketones is 2. The van der Waals surface area contributed by atoms with Crippen molar-refractivity contribution in [3.05, 3.63) is 41.2 Å². The van der Waals surface area contributed by atoms with Crippen molar-refractivity contribution < 1.29 is 19.2 Å². The fourth-order valence-corrected chi connectivity index (χ4v) is 5.50. The maximum atomic E-state index is 13.6. The molecule has 1 unspecified atom stereocenters. The van der Waals surface area contributed by atoms with Crippen molar-refractivity contribution in [1.82, 2.24) is 19.9 Å². The van der Waals surface area contributed by atoms with Crippen LogP contribution in [0.25, 0.3) is 0 Å². The van der Waals surface area contributed by atoms with Crippen LogP contribution in [0.5, 0.6) is 0 Å². The van der Waals surface area contributed by atoms with Crippen molar-refractivity contribution in [3.63, 3.8) is 0 Å². The van der Waals surface area contributed by atoms with E-state index in [0.29, 0.717) is 22.7 Å². The first-order valence-corrected chi connectivity index (χ1v) is 11.6. The molecule has 170 valence electrons. The summed E-state index contributed by atoms with van der Waals surface area (Å²) in [5, 5.41) is 12.1. The Morgan fingerprint density at radius 1 is 1.09 bits per heavy atom. The molecular formula is C24H25N5O4. The van der Waals surface area contributed by atoms with Crippen molar-refractivity contribution >= 4 is 29.1 Å². The van der Waals surface area contributed by atoms with Crippen LogP contribution in [-0.2, 0) is 9.59 Å². The van der Waals surface area contributed by atoms with Crippen molar-refractivity contribution in [2.75, 3.05) is 5.32 Å². The molecule has 2 aromatic rings. The molecule has 1 aromatic carbocycles. The largest absolute Gasteiger partial charge is 0.376 e. The molecule has 1 atom stereocenters. The smallest absolute Gasteiger partial charge is 0.264 e. The quantitative estimate of drug-likeness (QED) is 0.535. The van der Waals surface area contributed by atoms with Gasteiger partial charge in [-0.3, -0.25) is 24.1 Å². The third-order valence-corrected chi connectivity index (χ3v) is 7.60. The Balaban J connectivity index is 1.34. The highest BCUT2D eigenvalue weighted by Crippen LogP contribution is 2.52. The molecular weight excluding hydrogens is 422 g/mol. The molecule has 2 bridgehead atoms. The lowest BCUT2D eigenvalue weighted by Crippen LogP contribution is -2.68. The van der Waals surface area contributed by atoms with E-state index in [-0.39, 0.29) is 48.8 Å². The molecule has 0 saturated heterocycles. The van der Waals surface area contributed by atoms with Crippen molar-refractivity contribution in [1.29, 1.82) is 0 Å². The van der Waals surface area contributed by atoms with E-state index >= 15 is 0 Å². The Morgan fingerprint density at radius 2 is 1.85 bits per heavy atom. The van der Waals surface area contributed by atoms with E-state index in [9.17, 15) is 19.2 Å². The number of amides is 2. The van der Waals surface area contributed by atoms with E-state index in [1.54, 1.807) is 22.9 Å². The summed E-state index contributed by atoms with van der Waals surface area (Å²) in [6, 6.07) is 5.24. The highest BCUT2D eigenvalue weighted by atomic mass is 16.2. The Bertz CT molecular complexity index is 1220. The summed E-state index contributed by atoms with van der Waals surface area (Å²) in [6.45, 7) is 4.07. The molecule has 0 spiro atoms. The lowest BCUT2D eigenvalue weighted by Gasteiger charge is -2.53. The van der Waals surface area contributed by atoms with Crippen LogP contribution in [-0.4, -0.2) is 48.8 Å². The molecule has 9 nitrogen and oxygen atoms in total. The zero-order chi connectivity index (χ0) is 23.1. The highest BCUT2D eigenvalue weighted by molar-refractivity contribution is 6.27. The molecule has 4 fully saturated rings. The van der Waals surface area contributed by atoms with Crippen molar-refractivity contribution in [2.24, 2.45) is 11.8 Å². The average Bonchev–Trinajstić information content (AvgIpc) is 3.40. The minimum Gasteiger partial charge on any atom is -0.376 e. The number of nitrogens with zero attached hydrogens (tertiary/aromatic N) is 4. The summed E-state index contributed by atoms with van der Waals surface area (Å²) >= 11 is 0. The summed E-state index contributed by atoms with van der Waals surface area (Å²) in [7, 11) is 0. The summed E-state index contributed by atoms with van der Waals surface area (Å²) in [4.78, 5) is 52.8. The van der Waals surface area contributed by atoms with E-state index in [4.69, 9.17) is 0 Å². The zero-order valence-electron chi connectivity index (χ0n) is 18.6. The number of Topliss-reactive ketones (excluding diaryl/α,β-unsaturated/α-hetero) is 2. The minimum absolute atomic E-state index is 0.0810. The first kappa shape index (κ1) is 20.3. The molecule has 1 aliphatic heterocycles. The maximum absolute atomic E-state index is 13.6. The number of carbonyl (C=O) groups excluding carboxylic acids is 4. The summed E-state index contributed by atoms with van der Waals surface area (Å²) in [6.07, 6.45) is 4.33. The van der Waals surface area contributed by atoms with Crippen LogP contribution in [0.2, 0.25) is 0 Å². The Morgan fingerprint density at radius 3 is 2.48 bits per heavy atom. The number of fused-ring (bicyclic) bond motifs is 3. The second-order valence-electron chi connectivity index (χ2n) is 10.1. The third-order valence-electron chi connectivity index (χ3n) is 7.60. The predicted octanol–water partition coefficient (Wildman–Crippen LogP) is 2.71. The molecule has 2 amide bonds. The molecule has 2 heterocycles. The van der Waals surface area contributed by atoms with Gasteiger partial charge in [0.1, 0.15) is 17.0 Å². The van der Waals surface area contributed by atoms with Gasteiger partial charge in [0.2, 0.25) is 0 Å². The number of imide groups is 1. The van der Waals surface area contributed by atoms with Crippen LogP contribution in [0.3, 0.4) is 0 Å². The average molecular weight is 447 g/mol. The molecule has 9 heteroatoms. The predicted molar refractivity (Wildman–Crippen MR) is 117 cm³/mol. The molecule has 4 saturated carbocycles. The Labute approximate surface area is 190 Å². The van der Waals surface area contributed by atoms with Gasteiger partial charge in [-0.05, 0) is 57.6 Å². The number of hydrogen-bond donors (Lipinski definition) is 1. The normalized spacial score (nSPS) is 27.1. The van der Waals surface area contributed by atoms with Gasteiger partial charge in [-0.25, -0.2) is 4.68 Å². The fourth-order valence-electron chi connectivity index (χ4n) is 5.50. The summed E-state index contributed by atoms with van der Waals surface area (Å²) in [5.41, 5.74) is 0.799. The summed E-state index contributed by atoms with van der Waals surface area (Å²) in [5.74, 6) is -1.17. The molecule has 7 rings (SSSR count). The van der Waals surface area contributed by atoms with Crippen molar-refractivity contribution in [3.8, 4) is 0 Å². The van der Waals surface area contributed by atoms with Gasteiger partial charge >= 0.3 is 0 Å². The van der Waals surface area contributed by atoms with Crippen LogP contribution in [0.15, 0.2) is 24.4 Å². The van der Waals surface area contributed by atoms with Gasteiger partial charge in [0.25, 0.3) is 11.8 Å². The van der Waals surface area contributed by atoms with E-state index in [1.807, 2.05) is 20.0 Å². The molecule has 5 aliphatic rings. The van der Waals surface area contributed by atoms with E-state index in [2.05, 4.69) is 15.6 Å². The number of nitrogens with one attached hydrogen (secondary N) is 1. The SMILES string of the molecule is CC(C)n1cc(C(Nc2cccc3c2C(=O)N(C24CC(C2)C(=O)CC4=O)C3=O)C2CC2)nn1. The third kappa shape index (κ3) is 2.84. The highest BCUT2D eigenvalue weighted by Gasteiger charge is 2.64. The molecule has 33 heavy (non-hydrogen) atoms. The summed E-state index contributed by atoms with van der Waals surface area (Å²) < 4.78 is 1.81. The Kier molecular flexibility index (Phi) is 4.19. The fraction of sp³-hybridized carbons (Fsp3) is 0.500. The standard InChI is InChI=1S/C24H25N5O4/c1-12(2)28-11-17(26-27-28)21(13-6-7-13)25-16-5-3-4-15-20(16)23(33)29(22(15)32)24-9-14(10-24)18(30)8-19(24)31/h3-5,11-14,21,25H,6-10H2,1-2H3. The number of hydrogen-bond acceptors (Lipinski definition) is 7. The van der Waals surface area contributed by atoms with Crippen LogP contribution < -0.4 is 5.32 Å².